The minimum atomic E-state index is -0.198. The summed E-state index contributed by atoms with van der Waals surface area (Å²) in [5, 5.41) is 11.2. The van der Waals surface area contributed by atoms with Crippen LogP contribution in [0.25, 0.3) is 0 Å². The van der Waals surface area contributed by atoms with Gasteiger partial charge in [-0.3, -0.25) is 14.2 Å². The molecule has 0 saturated heterocycles. The molecule has 7 heteroatoms. The van der Waals surface area contributed by atoms with Crippen LogP contribution in [0.5, 0.6) is 5.88 Å². The lowest BCUT2D eigenvalue weighted by Crippen LogP contribution is -2.27. The molecule has 108 valence electrons. The van der Waals surface area contributed by atoms with Crippen molar-refractivity contribution < 1.29 is 9.53 Å². The first kappa shape index (κ1) is 14.1. The van der Waals surface area contributed by atoms with E-state index in [4.69, 9.17) is 4.74 Å². The highest BCUT2D eigenvalue weighted by Gasteiger charge is 2.15. The number of methoxy groups -OCH3 is 1. The second kappa shape index (κ2) is 5.77. The van der Waals surface area contributed by atoms with Crippen LogP contribution in [0.2, 0.25) is 0 Å². The topological polar surface area (TPSA) is 74.0 Å². The van der Waals surface area contributed by atoms with E-state index in [0.717, 1.165) is 11.4 Å². The molecule has 2 heterocycles. The summed E-state index contributed by atoms with van der Waals surface area (Å²) >= 11 is 0. The van der Waals surface area contributed by atoms with E-state index in [1.165, 1.54) is 7.11 Å². The van der Waals surface area contributed by atoms with Gasteiger partial charge in [0.2, 0.25) is 5.88 Å². The van der Waals surface area contributed by atoms with Gasteiger partial charge in [-0.1, -0.05) is 0 Å². The van der Waals surface area contributed by atoms with Gasteiger partial charge in [0.05, 0.1) is 19.3 Å². The number of aromatic nitrogens is 4. The van der Waals surface area contributed by atoms with Gasteiger partial charge in [0.1, 0.15) is 5.56 Å². The molecule has 0 atom stereocenters. The number of hydrogen-bond acceptors (Lipinski definition) is 4. The van der Waals surface area contributed by atoms with Gasteiger partial charge in [-0.2, -0.15) is 5.10 Å². The number of hydrogen-bond donors (Lipinski definition) is 1. The minimum absolute atomic E-state index is 0.198. The first-order valence-electron chi connectivity index (χ1n) is 6.38. The third-order valence-electron chi connectivity index (χ3n) is 2.95. The summed E-state index contributed by atoms with van der Waals surface area (Å²) in [7, 11) is 3.24. The summed E-state index contributed by atoms with van der Waals surface area (Å²) < 4.78 is 8.49. The highest BCUT2D eigenvalue weighted by Crippen LogP contribution is 2.14. The molecule has 0 unspecified atom stereocenters. The Morgan fingerprint density at radius 3 is 2.75 bits per heavy atom. The van der Waals surface area contributed by atoms with Crippen LogP contribution in [-0.2, 0) is 13.6 Å². The Hall–Kier alpha value is -2.31. The van der Waals surface area contributed by atoms with Crippen molar-refractivity contribution in [3.8, 4) is 5.88 Å². The Balaban J connectivity index is 1.94. The predicted molar refractivity (Wildman–Crippen MR) is 73.8 cm³/mol. The van der Waals surface area contributed by atoms with Crippen molar-refractivity contribution >= 4 is 5.91 Å². The van der Waals surface area contributed by atoms with Crippen LogP contribution in [0.1, 0.15) is 21.7 Å². The monoisotopic (exact) mass is 277 g/mol. The smallest absolute Gasteiger partial charge is 0.258 e. The fourth-order valence-electron chi connectivity index (χ4n) is 2.05. The van der Waals surface area contributed by atoms with Crippen LogP contribution >= 0.6 is 0 Å². The number of rotatable bonds is 5. The third kappa shape index (κ3) is 2.98. The number of carbonyl (C=O) groups is 1. The van der Waals surface area contributed by atoms with E-state index in [-0.39, 0.29) is 5.91 Å². The van der Waals surface area contributed by atoms with Crippen molar-refractivity contribution in [1.82, 2.24) is 24.9 Å². The van der Waals surface area contributed by atoms with E-state index in [9.17, 15) is 4.79 Å². The largest absolute Gasteiger partial charge is 0.479 e. The molecule has 1 N–H and O–H groups in total. The number of nitrogens with zero attached hydrogens (tertiary/aromatic N) is 4. The zero-order chi connectivity index (χ0) is 14.7. The Kier molecular flexibility index (Phi) is 4.07. The zero-order valence-electron chi connectivity index (χ0n) is 12.2. The van der Waals surface area contributed by atoms with Crippen LogP contribution in [0, 0.1) is 13.8 Å². The Morgan fingerprint density at radius 2 is 2.15 bits per heavy atom. The third-order valence-corrected chi connectivity index (χ3v) is 2.95. The second-order valence-corrected chi connectivity index (χ2v) is 4.63. The SMILES string of the molecule is COc1nn(C)cc1C(=O)NCCn1nc(C)cc1C. The lowest BCUT2D eigenvalue weighted by molar-refractivity contribution is 0.0948. The first-order chi connectivity index (χ1) is 9.51. The van der Waals surface area contributed by atoms with Crippen LogP contribution < -0.4 is 10.1 Å². The molecular formula is C13H19N5O2. The molecule has 7 nitrogen and oxygen atoms in total. The summed E-state index contributed by atoms with van der Waals surface area (Å²) in [6.45, 7) is 5.07. The average Bonchev–Trinajstić information content (AvgIpc) is 2.92. The molecule has 1 amide bonds. The van der Waals surface area contributed by atoms with Gasteiger partial charge in [0.25, 0.3) is 5.91 Å². The molecule has 0 aliphatic rings. The summed E-state index contributed by atoms with van der Waals surface area (Å²) in [6.07, 6.45) is 1.64. The van der Waals surface area contributed by atoms with Gasteiger partial charge < -0.3 is 10.1 Å². The summed E-state index contributed by atoms with van der Waals surface area (Å²) in [5.41, 5.74) is 2.49. The van der Waals surface area contributed by atoms with Crippen molar-refractivity contribution in [2.45, 2.75) is 20.4 Å². The molecular weight excluding hydrogens is 258 g/mol. The molecule has 2 rings (SSSR count). The van der Waals surface area contributed by atoms with E-state index in [1.807, 2.05) is 24.6 Å². The Labute approximate surface area is 117 Å². The highest BCUT2D eigenvalue weighted by atomic mass is 16.5. The quantitative estimate of drug-likeness (QED) is 0.872. The highest BCUT2D eigenvalue weighted by molar-refractivity contribution is 5.96. The molecule has 0 saturated carbocycles. The summed E-state index contributed by atoms with van der Waals surface area (Å²) in [6, 6.07) is 2.01. The fourth-order valence-corrected chi connectivity index (χ4v) is 2.05. The summed E-state index contributed by atoms with van der Waals surface area (Å²) in [4.78, 5) is 12.0. The van der Waals surface area contributed by atoms with Gasteiger partial charge >= 0.3 is 0 Å². The molecule has 0 fully saturated rings. The van der Waals surface area contributed by atoms with Gasteiger partial charge in [-0.25, -0.2) is 0 Å². The van der Waals surface area contributed by atoms with E-state index in [0.29, 0.717) is 24.5 Å². The van der Waals surface area contributed by atoms with Crippen molar-refractivity contribution in [2.75, 3.05) is 13.7 Å². The predicted octanol–water partition coefficient (Wildman–Crippen LogP) is 0.672. The maximum atomic E-state index is 12.0. The molecule has 0 aliphatic heterocycles. The molecule has 0 aliphatic carbocycles. The number of aryl methyl sites for hydroxylation is 3. The van der Waals surface area contributed by atoms with Gasteiger partial charge in [-0.05, 0) is 19.9 Å². The van der Waals surface area contributed by atoms with Crippen molar-refractivity contribution in [1.29, 1.82) is 0 Å². The first-order valence-corrected chi connectivity index (χ1v) is 6.38. The van der Waals surface area contributed by atoms with E-state index >= 15 is 0 Å². The van der Waals surface area contributed by atoms with E-state index in [2.05, 4.69) is 15.5 Å². The number of carbonyl (C=O) groups excluding carboxylic acids is 1. The van der Waals surface area contributed by atoms with Gasteiger partial charge in [0.15, 0.2) is 0 Å². The Morgan fingerprint density at radius 1 is 1.40 bits per heavy atom. The number of ether oxygens (including phenoxy) is 1. The van der Waals surface area contributed by atoms with Crippen molar-refractivity contribution in [2.24, 2.45) is 7.05 Å². The van der Waals surface area contributed by atoms with Crippen LogP contribution in [0.4, 0.5) is 0 Å². The van der Waals surface area contributed by atoms with Gasteiger partial charge in [-0.15, -0.1) is 5.10 Å². The number of nitrogens with one attached hydrogen (secondary N) is 1. The molecule has 0 bridgehead atoms. The lowest BCUT2D eigenvalue weighted by atomic mass is 10.3. The van der Waals surface area contributed by atoms with Crippen LogP contribution in [0.3, 0.4) is 0 Å². The Bertz CT molecular complexity index is 614. The van der Waals surface area contributed by atoms with Gasteiger partial charge in [0, 0.05) is 25.5 Å². The fraction of sp³-hybridized carbons (Fsp3) is 0.462. The minimum Gasteiger partial charge on any atom is -0.479 e. The average molecular weight is 277 g/mol. The van der Waals surface area contributed by atoms with E-state index < -0.39 is 0 Å². The van der Waals surface area contributed by atoms with Crippen molar-refractivity contribution in [3.63, 3.8) is 0 Å². The standard InChI is InChI=1S/C13H19N5O2/c1-9-7-10(2)18(15-9)6-5-14-12(19)11-8-17(3)16-13(11)20-4/h7-8H,5-6H2,1-4H3,(H,14,19). The normalized spacial score (nSPS) is 10.6. The molecule has 2 aromatic heterocycles. The molecule has 2 aromatic rings. The molecule has 0 aromatic carbocycles. The summed E-state index contributed by atoms with van der Waals surface area (Å²) in [5.74, 6) is 0.132. The zero-order valence-corrected chi connectivity index (χ0v) is 12.2. The maximum absolute atomic E-state index is 12.0. The molecule has 0 radical (unpaired) electrons. The molecule has 0 spiro atoms. The van der Waals surface area contributed by atoms with Crippen LogP contribution in [0.15, 0.2) is 12.3 Å². The number of amides is 1. The lowest BCUT2D eigenvalue weighted by Gasteiger charge is -2.06. The second-order valence-electron chi connectivity index (χ2n) is 4.63. The maximum Gasteiger partial charge on any atom is 0.258 e. The molecule has 20 heavy (non-hydrogen) atoms. The van der Waals surface area contributed by atoms with Crippen LogP contribution in [-0.4, -0.2) is 39.1 Å². The van der Waals surface area contributed by atoms with Crippen molar-refractivity contribution in [3.05, 3.63) is 29.2 Å². The van der Waals surface area contributed by atoms with E-state index in [1.54, 1.807) is 17.9 Å².